The molecule has 0 amide bonds. The van der Waals surface area contributed by atoms with Crippen molar-refractivity contribution in [2.75, 3.05) is 11.5 Å². The highest BCUT2D eigenvalue weighted by Gasteiger charge is 2.31. The van der Waals surface area contributed by atoms with E-state index in [0.29, 0.717) is 5.75 Å². The highest BCUT2D eigenvalue weighted by molar-refractivity contribution is 7.99. The van der Waals surface area contributed by atoms with Gasteiger partial charge in [0.25, 0.3) is 5.69 Å². The number of sulfone groups is 1. The smallest absolute Gasteiger partial charge is 0.269 e. The Kier molecular flexibility index (Phi) is 3.77. The van der Waals surface area contributed by atoms with E-state index in [1.807, 2.05) is 28.8 Å². The molecule has 0 fully saturated rings. The second-order valence-corrected chi connectivity index (χ2v) is 8.77. The van der Waals surface area contributed by atoms with Crippen LogP contribution in [0.15, 0.2) is 58.6 Å². The Morgan fingerprint density at radius 3 is 2.64 bits per heavy atom. The van der Waals surface area contributed by atoms with E-state index in [-0.39, 0.29) is 22.4 Å². The van der Waals surface area contributed by atoms with Crippen molar-refractivity contribution >= 4 is 38.3 Å². The van der Waals surface area contributed by atoms with Crippen LogP contribution in [-0.2, 0) is 9.84 Å². The van der Waals surface area contributed by atoms with Crippen LogP contribution in [0.3, 0.4) is 0 Å². The fraction of sp³-hybridized carbons (Fsp3) is 0.188. The summed E-state index contributed by atoms with van der Waals surface area (Å²) in [6, 6.07) is 12.5. The Bertz CT molecular complexity index is 1070. The van der Waals surface area contributed by atoms with Gasteiger partial charge in [0.1, 0.15) is 0 Å². The Balaban J connectivity index is 1.66. The standard InChI is InChI=1S/C16H13N3O4S2/c20-19(21)11-5-7-13(8-6-11)25(22,23)10-12-9-24-16-17-14-3-1-2-4-15(14)18(12)16/h1-8,12H,9-10H2/t12-/m0/s1. The molecule has 1 aliphatic rings. The second kappa shape index (κ2) is 5.85. The van der Waals surface area contributed by atoms with E-state index in [1.54, 1.807) is 11.8 Å². The number of benzene rings is 2. The fourth-order valence-electron chi connectivity index (χ4n) is 2.97. The Morgan fingerprint density at radius 1 is 1.20 bits per heavy atom. The maximum atomic E-state index is 12.7. The molecule has 0 aliphatic carbocycles. The third-order valence-electron chi connectivity index (χ3n) is 4.15. The molecule has 1 atom stereocenters. The molecule has 1 aromatic heterocycles. The van der Waals surface area contributed by atoms with Gasteiger partial charge in [0, 0.05) is 17.9 Å². The van der Waals surface area contributed by atoms with Crippen molar-refractivity contribution in [2.45, 2.75) is 16.1 Å². The Labute approximate surface area is 147 Å². The number of nitro groups is 1. The molecule has 128 valence electrons. The van der Waals surface area contributed by atoms with Crippen LogP contribution < -0.4 is 0 Å². The molecule has 2 aromatic carbocycles. The lowest BCUT2D eigenvalue weighted by molar-refractivity contribution is -0.384. The summed E-state index contributed by atoms with van der Waals surface area (Å²) in [7, 11) is -3.56. The molecule has 25 heavy (non-hydrogen) atoms. The summed E-state index contributed by atoms with van der Waals surface area (Å²) in [5.41, 5.74) is 1.65. The van der Waals surface area contributed by atoms with Crippen molar-refractivity contribution in [3.8, 4) is 0 Å². The third-order valence-corrected chi connectivity index (χ3v) is 7.06. The van der Waals surface area contributed by atoms with E-state index in [1.165, 1.54) is 24.3 Å². The zero-order valence-electron chi connectivity index (χ0n) is 12.9. The fourth-order valence-corrected chi connectivity index (χ4v) is 5.79. The largest absolute Gasteiger partial charge is 0.314 e. The summed E-state index contributed by atoms with van der Waals surface area (Å²) >= 11 is 1.54. The molecular formula is C16H13N3O4S2. The normalized spacial score (nSPS) is 16.9. The van der Waals surface area contributed by atoms with Crippen LogP contribution in [0, 0.1) is 10.1 Å². The third kappa shape index (κ3) is 2.79. The van der Waals surface area contributed by atoms with Crippen LogP contribution in [0.1, 0.15) is 6.04 Å². The van der Waals surface area contributed by atoms with Crippen LogP contribution in [0.25, 0.3) is 11.0 Å². The minimum absolute atomic E-state index is 0.0643. The van der Waals surface area contributed by atoms with Crippen molar-refractivity contribution in [1.29, 1.82) is 0 Å². The minimum atomic E-state index is -3.56. The molecule has 0 radical (unpaired) electrons. The van der Waals surface area contributed by atoms with Gasteiger partial charge in [0.2, 0.25) is 0 Å². The quantitative estimate of drug-likeness (QED) is 0.514. The van der Waals surface area contributed by atoms with Crippen molar-refractivity contribution in [3.05, 3.63) is 58.6 Å². The zero-order chi connectivity index (χ0) is 17.6. The SMILES string of the molecule is O=[N+]([O-])c1ccc(S(=O)(=O)C[C@@H]2CSc3nc4ccccc4n32)cc1. The molecule has 1 aliphatic heterocycles. The van der Waals surface area contributed by atoms with Crippen molar-refractivity contribution < 1.29 is 13.3 Å². The van der Waals surface area contributed by atoms with Crippen molar-refractivity contribution in [2.24, 2.45) is 0 Å². The van der Waals surface area contributed by atoms with E-state index in [0.717, 1.165) is 16.2 Å². The van der Waals surface area contributed by atoms with Gasteiger partial charge in [-0.3, -0.25) is 10.1 Å². The van der Waals surface area contributed by atoms with Gasteiger partial charge < -0.3 is 4.57 Å². The first kappa shape index (κ1) is 16.1. The first-order valence-electron chi connectivity index (χ1n) is 7.53. The number of para-hydroxylation sites is 2. The maximum absolute atomic E-state index is 12.7. The van der Waals surface area contributed by atoms with E-state index in [9.17, 15) is 18.5 Å². The Hall–Kier alpha value is -2.39. The number of hydrogen-bond acceptors (Lipinski definition) is 6. The molecule has 0 N–H and O–H groups in total. The number of nitrogens with zero attached hydrogens (tertiary/aromatic N) is 3. The van der Waals surface area contributed by atoms with Crippen LogP contribution in [-0.4, -0.2) is 34.4 Å². The summed E-state index contributed by atoms with van der Waals surface area (Å²) in [4.78, 5) is 14.8. The number of imidazole rings is 1. The molecule has 4 rings (SSSR count). The molecular weight excluding hydrogens is 362 g/mol. The van der Waals surface area contributed by atoms with Gasteiger partial charge in [-0.15, -0.1) is 0 Å². The highest BCUT2D eigenvalue weighted by Crippen LogP contribution is 2.38. The average Bonchev–Trinajstić information content (AvgIpc) is 3.14. The van der Waals surface area contributed by atoms with Gasteiger partial charge in [-0.1, -0.05) is 23.9 Å². The molecule has 0 bridgehead atoms. The predicted molar refractivity (Wildman–Crippen MR) is 94.6 cm³/mol. The molecule has 0 saturated heterocycles. The predicted octanol–water partition coefficient (Wildman–Crippen LogP) is 3.07. The monoisotopic (exact) mass is 375 g/mol. The molecule has 9 heteroatoms. The second-order valence-electron chi connectivity index (χ2n) is 5.75. The number of aromatic nitrogens is 2. The topological polar surface area (TPSA) is 95.1 Å². The molecule has 3 aromatic rings. The van der Waals surface area contributed by atoms with Crippen molar-refractivity contribution in [3.63, 3.8) is 0 Å². The first-order valence-corrected chi connectivity index (χ1v) is 10.2. The molecule has 0 saturated carbocycles. The summed E-state index contributed by atoms with van der Waals surface area (Å²) < 4.78 is 27.4. The van der Waals surface area contributed by atoms with E-state index >= 15 is 0 Å². The molecule has 7 nitrogen and oxygen atoms in total. The van der Waals surface area contributed by atoms with Gasteiger partial charge in [-0.2, -0.15) is 0 Å². The Morgan fingerprint density at radius 2 is 1.92 bits per heavy atom. The number of fused-ring (bicyclic) bond motifs is 3. The number of nitro benzene ring substituents is 1. The van der Waals surface area contributed by atoms with E-state index in [4.69, 9.17) is 0 Å². The van der Waals surface area contributed by atoms with Gasteiger partial charge in [-0.25, -0.2) is 13.4 Å². The van der Waals surface area contributed by atoms with Crippen molar-refractivity contribution in [1.82, 2.24) is 9.55 Å². The number of hydrogen-bond donors (Lipinski definition) is 0. The summed E-state index contributed by atoms with van der Waals surface area (Å²) in [6.45, 7) is 0. The van der Waals surface area contributed by atoms with Crippen LogP contribution >= 0.6 is 11.8 Å². The van der Waals surface area contributed by atoms with Crippen LogP contribution in [0.4, 0.5) is 5.69 Å². The zero-order valence-corrected chi connectivity index (χ0v) is 14.5. The molecule has 0 spiro atoms. The van der Waals surface area contributed by atoms with Gasteiger partial charge in [0.15, 0.2) is 15.0 Å². The van der Waals surface area contributed by atoms with E-state index < -0.39 is 14.8 Å². The van der Waals surface area contributed by atoms with Crippen LogP contribution in [0.5, 0.6) is 0 Å². The van der Waals surface area contributed by atoms with Gasteiger partial charge >= 0.3 is 0 Å². The first-order chi connectivity index (χ1) is 12.0. The van der Waals surface area contributed by atoms with Crippen LogP contribution in [0.2, 0.25) is 0 Å². The van der Waals surface area contributed by atoms with Gasteiger partial charge in [-0.05, 0) is 24.3 Å². The lowest BCUT2D eigenvalue weighted by atomic mass is 10.3. The lowest BCUT2D eigenvalue weighted by Gasteiger charge is -2.14. The number of non-ortho nitro benzene ring substituents is 1. The molecule has 2 heterocycles. The summed E-state index contributed by atoms with van der Waals surface area (Å²) in [5, 5.41) is 11.5. The molecule has 0 unspecified atom stereocenters. The number of thioether (sulfide) groups is 1. The highest BCUT2D eigenvalue weighted by atomic mass is 32.2. The summed E-state index contributed by atoms with van der Waals surface area (Å²) in [6.07, 6.45) is 0. The minimum Gasteiger partial charge on any atom is -0.314 e. The maximum Gasteiger partial charge on any atom is 0.269 e. The summed E-state index contributed by atoms with van der Waals surface area (Å²) in [5.74, 6) is 0.574. The average molecular weight is 375 g/mol. The van der Waals surface area contributed by atoms with E-state index in [2.05, 4.69) is 4.98 Å². The lowest BCUT2D eigenvalue weighted by Crippen LogP contribution is -2.19. The number of rotatable bonds is 4. The van der Waals surface area contributed by atoms with Gasteiger partial charge in [0.05, 0.1) is 32.6 Å².